The van der Waals surface area contributed by atoms with Crippen LogP contribution in [0.5, 0.6) is 17.2 Å². The number of carbonyl (C=O) groups is 2. The second-order valence-electron chi connectivity index (χ2n) is 6.50. The van der Waals surface area contributed by atoms with Gasteiger partial charge in [-0.25, -0.2) is 4.98 Å². The molecule has 2 amide bonds. The lowest BCUT2D eigenvalue weighted by Crippen LogP contribution is -2.25. The fourth-order valence-electron chi connectivity index (χ4n) is 3.09. The Morgan fingerprint density at radius 2 is 1.97 bits per heavy atom. The average Bonchev–Trinajstić information content (AvgIpc) is 3.12. The van der Waals surface area contributed by atoms with E-state index in [1.54, 1.807) is 24.3 Å². The second kappa shape index (κ2) is 8.03. The zero-order valence-electron chi connectivity index (χ0n) is 16.6. The molecule has 0 unspecified atom stereocenters. The van der Waals surface area contributed by atoms with E-state index in [0.717, 1.165) is 16.1 Å². The highest BCUT2D eigenvalue weighted by molar-refractivity contribution is 7.16. The molecular formula is C21H19N3O5S. The molecule has 0 fully saturated rings. The van der Waals surface area contributed by atoms with Gasteiger partial charge in [-0.3, -0.25) is 14.9 Å². The maximum atomic E-state index is 12.7. The van der Waals surface area contributed by atoms with Crippen LogP contribution in [0.3, 0.4) is 0 Å². The number of hydrogen-bond donors (Lipinski definition) is 2. The molecule has 30 heavy (non-hydrogen) atoms. The summed E-state index contributed by atoms with van der Waals surface area (Å²) in [5.41, 5.74) is 2.58. The van der Waals surface area contributed by atoms with Gasteiger partial charge in [0.05, 0.1) is 25.6 Å². The summed E-state index contributed by atoms with van der Waals surface area (Å²) >= 11 is 1.37. The molecule has 9 heteroatoms. The molecule has 0 aliphatic carbocycles. The summed E-state index contributed by atoms with van der Waals surface area (Å²) in [7, 11) is 3.05. The number of nitrogens with one attached hydrogen (secondary N) is 2. The van der Waals surface area contributed by atoms with Crippen molar-refractivity contribution >= 4 is 34.0 Å². The van der Waals surface area contributed by atoms with E-state index in [-0.39, 0.29) is 18.4 Å². The molecule has 1 aromatic heterocycles. The van der Waals surface area contributed by atoms with Crippen LogP contribution in [0.1, 0.15) is 15.2 Å². The molecule has 1 aliphatic rings. The minimum Gasteiger partial charge on any atom is -0.493 e. The van der Waals surface area contributed by atoms with Crippen molar-refractivity contribution in [1.29, 1.82) is 0 Å². The summed E-state index contributed by atoms with van der Waals surface area (Å²) in [4.78, 5) is 29.7. The monoisotopic (exact) mass is 425 g/mol. The fourth-order valence-corrected chi connectivity index (χ4v) is 3.93. The van der Waals surface area contributed by atoms with Gasteiger partial charge in [-0.1, -0.05) is 0 Å². The van der Waals surface area contributed by atoms with Gasteiger partial charge in [-0.05, 0) is 43.3 Å². The van der Waals surface area contributed by atoms with Gasteiger partial charge in [0.2, 0.25) is 0 Å². The number of fused-ring (bicyclic) bond motifs is 1. The van der Waals surface area contributed by atoms with Gasteiger partial charge >= 0.3 is 0 Å². The molecular weight excluding hydrogens is 406 g/mol. The summed E-state index contributed by atoms with van der Waals surface area (Å²) < 4.78 is 15.8. The highest BCUT2D eigenvalue weighted by Crippen LogP contribution is 2.36. The number of ether oxygens (including phenoxy) is 3. The average molecular weight is 425 g/mol. The van der Waals surface area contributed by atoms with Gasteiger partial charge in [0.15, 0.2) is 23.2 Å². The highest BCUT2D eigenvalue weighted by atomic mass is 32.1. The summed E-state index contributed by atoms with van der Waals surface area (Å²) in [5.74, 6) is 1.14. The predicted octanol–water partition coefficient (Wildman–Crippen LogP) is 3.72. The van der Waals surface area contributed by atoms with Gasteiger partial charge in [-0.15, -0.1) is 11.3 Å². The topological polar surface area (TPSA) is 98.8 Å². The standard InChI is InChI=1S/C21H19N3O5S/c1-11-19(12-4-6-15-14(8-12)22-18(25)10-29-15)23-21(30-11)24-20(26)13-5-7-16(27-2)17(9-13)28-3/h4-9H,10H2,1-3H3,(H,22,25)(H,23,24,26). The summed E-state index contributed by atoms with van der Waals surface area (Å²) in [5, 5.41) is 6.09. The smallest absolute Gasteiger partial charge is 0.262 e. The Bertz CT molecular complexity index is 1140. The minimum atomic E-state index is -0.303. The molecule has 154 valence electrons. The third-order valence-electron chi connectivity index (χ3n) is 4.55. The zero-order valence-corrected chi connectivity index (χ0v) is 17.4. The normalized spacial score (nSPS) is 12.4. The van der Waals surface area contributed by atoms with Crippen LogP contribution < -0.4 is 24.8 Å². The Kier molecular flexibility index (Phi) is 5.28. The van der Waals surface area contributed by atoms with Gasteiger partial charge < -0.3 is 19.5 Å². The molecule has 0 bridgehead atoms. The van der Waals surface area contributed by atoms with Crippen LogP contribution in [0.25, 0.3) is 11.3 Å². The Hall–Kier alpha value is -3.59. The third-order valence-corrected chi connectivity index (χ3v) is 5.43. The van der Waals surface area contributed by atoms with Crippen LogP contribution >= 0.6 is 11.3 Å². The van der Waals surface area contributed by atoms with Crippen molar-refractivity contribution < 1.29 is 23.8 Å². The van der Waals surface area contributed by atoms with Gasteiger partial charge in [0.25, 0.3) is 11.8 Å². The van der Waals surface area contributed by atoms with Crippen LogP contribution in [-0.2, 0) is 4.79 Å². The lowest BCUT2D eigenvalue weighted by atomic mass is 10.1. The zero-order chi connectivity index (χ0) is 21.3. The van der Waals surface area contributed by atoms with Crippen molar-refractivity contribution in [3.63, 3.8) is 0 Å². The van der Waals surface area contributed by atoms with Crippen LogP contribution in [0, 0.1) is 6.92 Å². The Morgan fingerprint density at radius 1 is 1.17 bits per heavy atom. The first-order chi connectivity index (χ1) is 14.5. The number of aromatic nitrogens is 1. The van der Waals surface area contributed by atoms with E-state index in [1.807, 2.05) is 19.1 Å². The molecule has 0 spiro atoms. The van der Waals surface area contributed by atoms with Crippen molar-refractivity contribution in [3.05, 3.63) is 46.8 Å². The molecule has 2 N–H and O–H groups in total. The maximum absolute atomic E-state index is 12.7. The number of benzene rings is 2. The molecule has 0 radical (unpaired) electrons. The lowest BCUT2D eigenvalue weighted by molar-refractivity contribution is -0.118. The van der Waals surface area contributed by atoms with E-state index in [9.17, 15) is 9.59 Å². The molecule has 4 rings (SSSR count). The van der Waals surface area contributed by atoms with Crippen molar-refractivity contribution in [2.24, 2.45) is 0 Å². The van der Waals surface area contributed by atoms with E-state index < -0.39 is 0 Å². The quantitative estimate of drug-likeness (QED) is 0.647. The second-order valence-corrected chi connectivity index (χ2v) is 7.70. The Labute approximate surface area is 176 Å². The van der Waals surface area contributed by atoms with Crippen molar-refractivity contribution in [1.82, 2.24) is 4.98 Å². The van der Waals surface area contributed by atoms with Crippen LogP contribution in [0.4, 0.5) is 10.8 Å². The van der Waals surface area contributed by atoms with Crippen LogP contribution in [0.2, 0.25) is 0 Å². The first-order valence-electron chi connectivity index (χ1n) is 9.06. The van der Waals surface area contributed by atoms with Crippen LogP contribution in [0.15, 0.2) is 36.4 Å². The number of anilines is 2. The van der Waals surface area contributed by atoms with Crippen molar-refractivity contribution in [2.45, 2.75) is 6.92 Å². The lowest BCUT2D eigenvalue weighted by Gasteiger charge is -2.18. The number of rotatable bonds is 5. The Morgan fingerprint density at radius 3 is 2.73 bits per heavy atom. The number of amides is 2. The molecule has 2 aromatic carbocycles. The van der Waals surface area contributed by atoms with Crippen molar-refractivity contribution in [3.8, 4) is 28.5 Å². The third kappa shape index (κ3) is 3.79. The number of nitrogens with zero attached hydrogens (tertiary/aromatic N) is 1. The van der Waals surface area contributed by atoms with E-state index in [4.69, 9.17) is 14.2 Å². The molecule has 1 aliphatic heterocycles. The van der Waals surface area contributed by atoms with Crippen molar-refractivity contribution in [2.75, 3.05) is 31.5 Å². The summed E-state index contributed by atoms with van der Waals surface area (Å²) in [6, 6.07) is 10.4. The summed E-state index contributed by atoms with van der Waals surface area (Å²) in [6.45, 7) is 1.93. The first kappa shape index (κ1) is 19.7. The van der Waals surface area contributed by atoms with Crippen LogP contribution in [-0.4, -0.2) is 37.6 Å². The highest BCUT2D eigenvalue weighted by Gasteiger charge is 2.19. The van der Waals surface area contributed by atoms with Gasteiger partial charge in [0, 0.05) is 16.0 Å². The maximum Gasteiger partial charge on any atom is 0.262 e. The first-order valence-corrected chi connectivity index (χ1v) is 9.88. The largest absolute Gasteiger partial charge is 0.493 e. The van der Waals surface area contributed by atoms with E-state index in [0.29, 0.717) is 33.6 Å². The number of aryl methyl sites for hydroxylation is 1. The molecule has 0 saturated carbocycles. The predicted molar refractivity (Wildman–Crippen MR) is 114 cm³/mol. The van der Waals surface area contributed by atoms with E-state index in [2.05, 4.69) is 15.6 Å². The van der Waals surface area contributed by atoms with Gasteiger partial charge in [0.1, 0.15) is 5.75 Å². The molecule has 8 nitrogen and oxygen atoms in total. The summed E-state index contributed by atoms with van der Waals surface area (Å²) in [6.07, 6.45) is 0. The number of hydrogen-bond acceptors (Lipinski definition) is 7. The number of methoxy groups -OCH3 is 2. The number of thiazole rings is 1. The fraction of sp³-hybridized carbons (Fsp3) is 0.190. The SMILES string of the molecule is COc1ccc(C(=O)Nc2nc(-c3ccc4c(c3)NC(=O)CO4)c(C)s2)cc1OC. The van der Waals surface area contributed by atoms with E-state index in [1.165, 1.54) is 25.6 Å². The molecule has 0 saturated heterocycles. The number of carbonyl (C=O) groups excluding carboxylic acids is 2. The molecule has 0 atom stereocenters. The molecule has 3 aromatic rings. The van der Waals surface area contributed by atoms with E-state index >= 15 is 0 Å². The Balaban J connectivity index is 1.57. The minimum absolute atomic E-state index is 0.00833. The molecule has 2 heterocycles. The van der Waals surface area contributed by atoms with Gasteiger partial charge in [-0.2, -0.15) is 0 Å².